The molecule has 0 aromatic rings. The van der Waals surface area contributed by atoms with Gasteiger partial charge < -0.3 is 9.64 Å². The summed E-state index contributed by atoms with van der Waals surface area (Å²) in [4.78, 5) is 16.7. The molecule has 1 saturated carbocycles. The van der Waals surface area contributed by atoms with Crippen LogP contribution in [0, 0.1) is 0 Å². The Morgan fingerprint density at radius 2 is 1.83 bits per heavy atom. The van der Waals surface area contributed by atoms with Crippen LogP contribution in [0.4, 0.5) is 0 Å². The molecule has 1 atom stereocenters. The predicted octanol–water partition coefficient (Wildman–Crippen LogP) is 1.50. The highest BCUT2D eigenvalue weighted by Crippen LogP contribution is 2.22. The molecule has 0 radical (unpaired) electrons. The Labute approximate surface area is 110 Å². The van der Waals surface area contributed by atoms with Crippen LogP contribution in [0.5, 0.6) is 0 Å². The first kappa shape index (κ1) is 13.8. The van der Waals surface area contributed by atoms with Gasteiger partial charge in [-0.3, -0.25) is 9.69 Å². The Morgan fingerprint density at radius 3 is 2.44 bits per heavy atom. The Morgan fingerprint density at radius 1 is 1.22 bits per heavy atom. The molecule has 0 unspecified atom stereocenters. The fraction of sp³-hybridized carbons (Fsp3) is 0.929. The molecule has 0 aromatic carbocycles. The van der Waals surface area contributed by atoms with Gasteiger partial charge >= 0.3 is 0 Å². The summed E-state index contributed by atoms with van der Waals surface area (Å²) in [6.45, 7) is 5.30. The SMILES string of the molecule is C[C@H](C(=O)N(C)C1CCCCC1)N1CCOCC1. The molecule has 2 aliphatic rings. The third-order valence-corrected chi connectivity index (χ3v) is 4.42. The zero-order chi connectivity index (χ0) is 13.0. The molecule has 1 aliphatic heterocycles. The Hall–Kier alpha value is -0.610. The van der Waals surface area contributed by atoms with E-state index in [9.17, 15) is 4.79 Å². The maximum Gasteiger partial charge on any atom is 0.239 e. The van der Waals surface area contributed by atoms with E-state index in [2.05, 4.69) is 4.90 Å². The van der Waals surface area contributed by atoms with Gasteiger partial charge in [-0.2, -0.15) is 0 Å². The van der Waals surface area contributed by atoms with Gasteiger partial charge in [0.05, 0.1) is 19.3 Å². The molecule has 18 heavy (non-hydrogen) atoms. The third kappa shape index (κ3) is 3.23. The number of hydrogen-bond donors (Lipinski definition) is 0. The molecule has 104 valence electrons. The van der Waals surface area contributed by atoms with Crippen molar-refractivity contribution in [2.45, 2.75) is 51.1 Å². The van der Waals surface area contributed by atoms with E-state index in [4.69, 9.17) is 4.74 Å². The van der Waals surface area contributed by atoms with Gasteiger partial charge in [0.25, 0.3) is 0 Å². The fourth-order valence-corrected chi connectivity index (χ4v) is 3.06. The molecule has 1 aliphatic carbocycles. The lowest BCUT2D eigenvalue weighted by Crippen LogP contribution is -2.52. The summed E-state index contributed by atoms with van der Waals surface area (Å²) in [5.41, 5.74) is 0. The van der Waals surface area contributed by atoms with Gasteiger partial charge in [0.15, 0.2) is 0 Å². The van der Waals surface area contributed by atoms with Gasteiger partial charge in [-0.15, -0.1) is 0 Å². The Kier molecular flexibility index (Phi) is 5.01. The Balaban J connectivity index is 1.87. The normalized spacial score (nSPS) is 24.8. The highest BCUT2D eigenvalue weighted by atomic mass is 16.5. The minimum absolute atomic E-state index is 0.000765. The Bertz CT molecular complexity index is 245. The summed E-state index contributed by atoms with van der Waals surface area (Å²) in [7, 11) is 1.98. The molecule has 1 heterocycles. The molecule has 4 heteroatoms. The summed E-state index contributed by atoms with van der Waals surface area (Å²) in [5.74, 6) is 0.281. The van der Waals surface area contributed by atoms with Crippen LogP contribution in [0.15, 0.2) is 0 Å². The lowest BCUT2D eigenvalue weighted by molar-refractivity contribution is -0.139. The van der Waals surface area contributed by atoms with Gasteiger partial charge in [-0.1, -0.05) is 19.3 Å². The standard InChI is InChI=1S/C14H26N2O2/c1-12(16-8-10-18-11-9-16)14(17)15(2)13-6-4-3-5-7-13/h12-13H,3-11H2,1-2H3/t12-/m1/s1. The minimum Gasteiger partial charge on any atom is -0.379 e. The van der Waals surface area contributed by atoms with Crippen LogP contribution in [0.3, 0.4) is 0 Å². The first-order valence-corrected chi connectivity index (χ1v) is 7.28. The van der Waals surface area contributed by atoms with Gasteiger partial charge in [-0.05, 0) is 19.8 Å². The first-order valence-electron chi connectivity index (χ1n) is 7.28. The second-order valence-corrected chi connectivity index (χ2v) is 5.57. The van der Waals surface area contributed by atoms with Gasteiger partial charge in [-0.25, -0.2) is 0 Å². The van der Waals surface area contributed by atoms with Crippen LogP contribution in [0.25, 0.3) is 0 Å². The highest BCUT2D eigenvalue weighted by molar-refractivity contribution is 5.81. The summed E-state index contributed by atoms with van der Waals surface area (Å²) >= 11 is 0. The van der Waals surface area contributed by atoms with Crippen LogP contribution < -0.4 is 0 Å². The summed E-state index contributed by atoms with van der Waals surface area (Å²) in [6, 6.07) is 0.468. The maximum atomic E-state index is 12.5. The second kappa shape index (κ2) is 6.53. The predicted molar refractivity (Wildman–Crippen MR) is 71.5 cm³/mol. The molecule has 4 nitrogen and oxygen atoms in total. The van der Waals surface area contributed by atoms with Gasteiger partial charge in [0.2, 0.25) is 5.91 Å². The first-order chi connectivity index (χ1) is 8.70. The third-order valence-electron chi connectivity index (χ3n) is 4.42. The van der Waals surface area contributed by atoms with E-state index < -0.39 is 0 Å². The molecule has 2 rings (SSSR count). The molecule has 0 spiro atoms. The zero-order valence-corrected chi connectivity index (χ0v) is 11.7. The number of ether oxygens (including phenoxy) is 1. The topological polar surface area (TPSA) is 32.8 Å². The molecule has 0 N–H and O–H groups in total. The van der Waals surface area contributed by atoms with Crippen molar-refractivity contribution in [2.75, 3.05) is 33.4 Å². The van der Waals surface area contributed by atoms with Crippen molar-refractivity contribution >= 4 is 5.91 Å². The quantitative estimate of drug-likeness (QED) is 0.765. The summed E-state index contributed by atoms with van der Waals surface area (Å²) < 4.78 is 5.34. The van der Waals surface area contributed by atoms with Crippen molar-refractivity contribution in [2.24, 2.45) is 0 Å². The van der Waals surface area contributed by atoms with Crippen molar-refractivity contribution < 1.29 is 9.53 Å². The monoisotopic (exact) mass is 254 g/mol. The van der Waals surface area contributed by atoms with E-state index in [1.165, 1.54) is 32.1 Å². The molecule has 2 fully saturated rings. The van der Waals surface area contributed by atoms with E-state index in [-0.39, 0.29) is 11.9 Å². The molecule has 0 bridgehead atoms. The lowest BCUT2D eigenvalue weighted by atomic mass is 9.94. The van der Waals surface area contributed by atoms with Crippen molar-refractivity contribution in [3.05, 3.63) is 0 Å². The average Bonchev–Trinajstić information content (AvgIpc) is 2.47. The maximum absolute atomic E-state index is 12.5. The van der Waals surface area contributed by atoms with Crippen LogP contribution >= 0.6 is 0 Å². The second-order valence-electron chi connectivity index (χ2n) is 5.57. The number of hydrogen-bond acceptors (Lipinski definition) is 3. The number of nitrogens with zero attached hydrogens (tertiary/aromatic N) is 2. The molecule has 1 saturated heterocycles. The van der Waals surface area contributed by atoms with Crippen LogP contribution in [0.2, 0.25) is 0 Å². The van der Waals surface area contributed by atoms with E-state index in [0.717, 1.165) is 26.3 Å². The van der Waals surface area contributed by atoms with Crippen LogP contribution in [0.1, 0.15) is 39.0 Å². The molecule has 0 aromatic heterocycles. The zero-order valence-electron chi connectivity index (χ0n) is 11.7. The van der Waals surface area contributed by atoms with E-state index in [1.54, 1.807) is 0 Å². The summed E-state index contributed by atoms with van der Waals surface area (Å²) in [5, 5.41) is 0. The number of amides is 1. The van der Waals surface area contributed by atoms with Gasteiger partial charge in [0.1, 0.15) is 0 Å². The van der Waals surface area contributed by atoms with Gasteiger partial charge in [0, 0.05) is 26.2 Å². The highest BCUT2D eigenvalue weighted by Gasteiger charge is 2.29. The average molecular weight is 254 g/mol. The van der Waals surface area contributed by atoms with Crippen molar-refractivity contribution in [1.29, 1.82) is 0 Å². The fourth-order valence-electron chi connectivity index (χ4n) is 3.06. The largest absolute Gasteiger partial charge is 0.379 e. The smallest absolute Gasteiger partial charge is 0.239 e. The lowest BCUT2D eigenvalue weighted by Gasteiger charge is -2.37. The number of carbonyl (C=O) groups excluding carboxylic acids is 1. The number of morpholine rings is 1. The molecular weight excluding hydrogens is 228 g/mol. The number of likely N-dealkylation sites (N-methyl/N-ethyl adjacent to an activating group) is 1. The van der Waals surface area contributed by atoms with Crippen molar-refractivity contribution in [3.63, 3.8) is 0 Å². The summed E-state index contributed by atoms with van der Waals surface area (Å²) in [6.07, 6.45) is 6.23. The molecule has 1 amide bonds. The van der Waals surface area contributed by atoms with Crippen molar-refractivity contribution in [1.82, 2.24) is 9.80 Å². The van der Waals surface area contributed by atoms with Crippen LogP contribution in [-0.2, 0) is 9.53 Å². The van der Waals surface area contributed by atoms with E-state index in [1.807, 2.05) is 18.9 Å². The minimum atomic E-state index is 0.000765. The van der Waals surface area contributed by atoms with E-state index in [0.29, 0.717) is 6.04 Å². The van der Waals surface area contributed by atoms with E-state index >= 15 is 0 Å². The number of rotatable bonds is 3. The van der Waals surface area contributed by atoms with Crippen LogP contribution in [-0.4, -0.2) is 61.1 Å². The molecular formula is C14H26N2O2. The van der Waals surface area contributed by atoms with Crippen molar-refractivity contribution in [3.8, 4) is 0 Å². The number of carbonyl (C=O) groups is 1.